The number of benzene rings is 2. The third kappa shape index (κ3) is 6.12. The molecule has 3 heterocycles. The van der Waals surface area contributed by atoms with Crippen LogP contribution in [0.3, 0.4) is 0 Å². The Hall–Kier alpha value is -2.88. The second-order valence-electron chi connectivity index (χ2n) is 15.2. The summed E-state index contributed by atoms with van der Waals surface area (Å²) in [6.45, 7) is 6.28. The number of anilines is 1. The van der Waals surface area contributed by atoms with Crippen LogP contribution >= 0.6 is 11.3 Å². The quantitative estimate of drug-likeness (QED) is 0.226. The summed E-state index contributed by atoms with van der Waals surface area (Å²) in [6, 6.07) is 10.2. The van der Waals surface area contributed by atoms with Crippen LogP contribution in [0.15, 0.2) is 47.4 Å². The number of aliphatic hydroxyl groups excluding tert-OH is 1. The van der Waals surface area contributed by atoms with Crippen LogP contribution in [0.1, 0.15) is 52.0 Å². The van der Waals surface area contributed by atoms with Gasteiger partial charge in [-0.2, -0.15) is 4.31 Å². The van der Waals surface area contributed by atoms with Gasteiger partial charge in [-0.15, -0.1) is 0 Å². The van der Waals surface area contributed by atoms with E-state index in [9.17, 15) is 22.7 Å². The van der Waals surface area contributed by atoms with Gasteiger partial charge in [0.25, 0.3) is 0 Å². The number of aliphatic hydroxyl groups is 1. The topological polar surface area (TPSA) is 139 Å². The number of hydrogen-bond donors (Lipinski definition) is 3. The highest BCUT2D eigenvalue weighted by Gasteiger charge is 2.79. The molecule has 264 valence electrons. The molecule has 2 aromatic carbocycles. The summed E-state index contributed by atoms with van der Waals surface area (Å²) in [6.07, 6.45) is 1.57. The molecule has 49 heavy (non-hydrogen) atoms. The number of alkyl carbamates (subject to hydrolysis) is 1. The third-order valence-corrected chi connectivity index (χ3v) is 13.8. The van der Waals surface area contributed by atoms with Crippen molar-refractivity contribution >= 4 is 42.8 Å². The number of ether oxygens (including phenoxy) is 3. The van der Waals surface area contributed by atoms with Crippen molar-refractivity contribution in [1.29, 1.82) is 0 Å². The molecule has 5 fully saturated rings. The van der Waals surface area contributed by atoms with Crippen molar-refractivity contribution in [2.24, 2.45) is 23.2 Å². The molecule has 5 aliphatic rings. The minimum Gasteiger partial charge on any atom is -0.442 e. The average molecular weight is 715 g/mol. The normalized spacial score (nSPS) is 31.2. The summed E-state index contributed by atoms with van der Waals surface area (Å²) in [5.41, 5.74) is 0.456. The Morgan fingerprint density at radius 2 is 1.96 bits per heavy atom. The van der Waals surface area contributed by atoms with Gasteiger partial charge in [-0.3, -0.25) is 0 Å². The zero-order valence-corrected chi connectivity index (χ0v) is 29.4. The van der Waals surface area contributed by atoms with Crippen molar-refractivity contribution in [2.75, 3.05) is 25.0 Å². The van der Waals surface area contributed by atoms with Crippen LogP contribution in [-0.4, -0.2) is 84.8 Å². The van der Waals surface area contributed by atoms with Gasteiger partial charge in [-0.25, -0.2) is 22.6 Å². The number of sulfonamides is 1. The van der Waals surface area contributed by atoms with Gasteiger partial charge in [-0.05, 0) is 73.9 Å². The Balaban J connectivity index is 1.02. The van der Waals surface area contributed by atoms with Crippen molar-refractivity contribution in [3.8, 4) is 0 Å². The molecule has 14 heteroatoms. The number of carbonyl (C=O) groups is 1. The smallest absolute Gasteiger partial charge is 0.408 e. The maximum Gasteiger partial charge on any atom is 0.408 e. The summed E-state index contributed by atoms with van der Waals surface area (Å²) in [5.74, 6) is -0.364. The maximum atomic E-state index is 14.2. The van der Waals surface area contributed by atoms with E-state index in [1.165, 1.54) is 27.8 Å². The first-order chi connectivity index (χ1) is 23.3. The number of nitrogens with zero attached hydrogens (tertiary/aromatic N) is 2. The minimum absolute atomic E-state index is 0.00287. The standard InChI is InChI=1S/C35H43FN4O7S2/c1-19(2)16-40(49(43,44)23-10-11-25-29(13-23)48-32(38-25)37-22-8-9-22)17-27(41)26(12-20-4-6-21(36)7-5-20)39-33(42)47-35-14-24(35)28-15-34(3)30(35)18-45-31(34)46-28/h4-7,10-11,13,19,22,24,26-28,30-31,41H,8-9,12,14-18H2,1-3H3,(H,37,38)(H,39,42)/t24?,26-,27+,28?,30+,31+,34+,35?/m0/s1. The predicted molar refractivity (Wildman–Crippen MR) is 181 cm³/mol. The van der Waals surface area contributed by atoms with E-state index in [-0.39, 0.29) is 60.0 Å². The van der Waals surface area contributed by atoms with Crippen LogP contribution in [0.4, 0.5) is 14.3 Å². The molecular formula is C35H43FN4O7S2. The Bertz CT molecular complexity index is 1850. The Kier molecular flexibility index (Phi) is 8.23. The van der Waals surface area contributed by atoms with Crippen LogP contribution in [-0.2, 0) is 30.7 Å². The molecule has 3 aliphatic carbocycles. The van der Waals surface area contributed by atoms with E-state index in [2.05, 4.69) is 22.5 Å². The van der Waals surface area contributed by atoms with E-state index in [1.54, 1.807) is 30.3 Å². The molecule has 0 spiro atoms. The van der Waals surface area contributed by atoms with Gasteiger partial charge in [0, 0.05) is 36.4 Å². The van der Waals surface area contributed by atoms with Crippen molar-refractivity contribution in [1.82, 2.24) is 14.6 Å². The van der Waals surface area contributed by atoms with Gasteiger partial charge >= 0.3 is 6.09 Å². The Morgan fingerprint density at radius 1 is 1.18 bits per heavy atom. The lowest BCUT2D eigenvalue weighted by Crippen LogP contribution is -2.53. The summed E-state index contributed by atoms with van der Waals surface area (Å²) in [7, 11) is -4.06. The molecule has 3 N–H and O–H groups in total. The number of rotatable bonds is 13. The molecule has 8 rings (SSSR count). The molecule has 1 amide bonds. The zero-order valence-electron chi connectivity index (χ0n) is 27.8. The third-order valence-electron chi connectivity index (χ3n) is 11.0. The summed E-state index contributed by atoms with van der Waals surface area (Å²) < 4.78 is 62.5. The number of nitrogens with one attached hydrogen (secondary N) is 2. The molecule has 3 unspecified atom stereocenters. The number of carbonyl (C=O) groups excluding carboxylic acids is 1. The number of hydrogen-bond acceptors (Lipinski definition) is 10. The van der Waals surface area contributed by atoms with Gasteiger partial charge in [0.05, 0.1) is 40.0 Å². The number of amides is 1. The zero-order chi connectivity index (χ0) is 34.3. The first-order valence-corrected chi connectivity index (χ1v) is 19.5. The number of halogens is 1. The number of aromatic nitrogens is 1. The first-order valence-electron chi connectivity index (χ1n) is 17.2. The molecule has 3 saturated carbocycles. The molecule has 1 aromatic heterocycles. The second kappa shape index (κ2) is 12.1. The first kappa shape index (κ1) is 33.3. The molecule has 11 nitrogen and oxygen atoms in total. The van der Waals surface area contributed by atoms with Crippen LogP contribution in [0.5, 0.6) is 0 Å². The minimum atomic E-state index is -4.06. The fourth-order valence-electron chi connectivity index (χ4n) is 8.26. The molecule has 8 atom stereocenters. The Morgan fingerprint density at radius 3 is 2.69 bits per heavy atom. The summed E-state index contributed by atoms with van der Waals surface area (Å²) >= 11 is 1.42. The van der Waals surface area contributed by atoms with Gasteiger partial charge in [0.2, 0.25) is 10.0 Å². The number of fused-ring (bicyclic) bond motifs is 5. The highest BCUT2D eigenvalue weighted by Crippen LogP contribution is 2.71. The van der Waals surface area contributed by atoms with E-state index in [0.717, 1.165) is 29.1 Å². The van der Waals surface area contributed by atoms with Crippen LogP contribution in [0.25, 0.3) is 10.2 Å². The highest BCUT2D eigenvalue weighted by molar-refractivity contribution is 7.89. The highest BCUT2D eigenvalue weighted by atomic mass is 32.2. The van der Waals surface area contributed by atoms with Crippen LogP contribution in [0.2, 0.25) is 0 Å². The molecule has 3 aromatic rings. The molecular weight excluding hydrogens is 672 g/mol. The lowest BCUT2D eigenvalue weighted by atomic mass is 9.68. The van der Waals surface area contributed by atoms with E-state index in [4.69, 9.17) is 14.2 Å². The maximum absolute atomic E-state index is 14.2. The van der Waals surface area contributed by atoms with Crippen molar-refractivity contribution in [3.05, 3.63) is 53.8 Å². The van der Waals surface area contributed by atoms with Crippen LogP contribution in [0, 0.1) is 29.0 Å². The van der Waals surface area contributed by atoms with Gasteiger partial charge < -0.3 is 30.0 Å². The lowest BCUT2D eigenvalue weighted by molar-refractivity contribution is -0.137. The SMILES string of the molecule is CC(C)CN(C[C@@H](O)[C@H](Cc1ccc(F)cc1)NC(=O)OC12CC1C1C[C@@]3(C)[C@H](OC[C@@H]23)O1)S(=O)(=O)c1ccc2nc(NC3CC3)sc2c1. The number of thiazole rings is 1. The lowest BCUT2D eigenvalue weighted by Gasteiger charge is -2.38. The Labute approximate surface area is 289 Å². The van der Waals surface area contributed by atoms with Crippen LogP contribution < -0.4 is 10.6 Å². The molecule has 2 saturated heterocycles. The van der Waals surface area contributed by atoms with E-state index >= 15 is 0 Å². The second-order valence-corrected chi connectivity index (χ2v) is 18.2. The van der Waals surface area contributed by atoms with Crippen molar-refractivity contribution < 1.29 is 36.9 Å². The van der Waals surface area contributed by atoms with Crippen molar-refractivity contribution in [3.63, 3.8) is 0 Å². The average Bonchev–Trinajstić information content (AvgIpc) is 3.87. The monoisotopic (exact) mass is 714 g/mol. The fourth-order valence-corrected chi connectivity index (χ4v) is 11.0. The predicted octanol–water partition coefficient (Wildman–Crippen LogP) is 4.89. The van der Waals surface area contributed by atoms with E-state index < -0.39 is 39.7 Å². The molecule has 0 radical (unpaired) electrons. The van der Waals surface area contributed by atoms with Crippen molar-refractivity contribution in [2.45, 2.75) is 94.0 Å². The summed E-state index contributed by atoms with van der Waals surface area (Å²) in [4.78, 5) is 18.4. The van der Waals surface area contributed by atoms with Gasteiger partial charge in [0.1, 0.15) is 11.4 Å². The van der Waals surface area contributed by atoms with E-state index in [1.807, 2.05) is 13.8 Å². The van der Waals surface area contributed by atoms with Gasteiger partial charge in [0.15, 0.2) is 11.4 Å². The fraction of sp³-hybridized carbons (Fsp3) is 0.600. The summed E-state index contributed by atoms with van der Waals surface area (Å²) in [5, 5.41) is 18.8. The van der Waals surface area contributed by atoms with E-state index in [0.29, 0.717) is 30.1 Å². The van der Waals surface area contributed by atoms with Gasteiger partial charge in [-0.1, -0.05) is 44.2 Å². The molecule has 2 aliphatic heterocycles. The molecule has 2 bridgehead atoms. The largest absolute Gasteiger partial charge is 0.442 e.